The Bertz CT molecular complexity index is 1830. The van der Waals surface area contributed by atoms with Gasteiger partial charge in [0.25, 0.3) is 0 Å². The summed E-state index contributed by atoms with van der Waals surface area (Å²) in [4.78, 5) is 65.0. The topological polar surface area (TPSA) is 170 Å². The van der Waals surface area contributed by atoms with E-state index >= 15 is 0 Å². The van der Waals surface area contributed by atoms with Crippen LogP contribution in [0.15, 0.2) is 64.2 Å². The molecule has 0 fully saturated rings. The zero-order valence-corrected chi connectivity index (χ0v) is 29.4. The van der Waals surface area contributed by atoms with Crippen molar-refractivity contribution in [3.63, 3.8) is 0 Å². The van der Waals surface area contributed by atoms with Crippen LogP contribution in [0.4, 0.5) is 20.2 Å². The molecule has 0 atom stereocenters. The van der Waals surface area contributed by atoms with E-state index in [0.29, 0.717) is 34.0 Å². The lowest BCUT2D eigenvalue weighted by molar-refractivity contribution is 0.0283. The summed E-state index contributed by atoms with van der Waals surface area (Å²) < 4.78 is 22.3. The molecule has 0 saturated heterocycles. The quantitative estimate of drug-likeness (QED) is 0.205. The smallest absolute Gasteiger partial charge is 0.425 e. The second-order valence-corrected chi connectivity index (χ2v) is 14.3. The predicted octanol–water partition coefficient (Wildman–Crippen LogP) is 7.20. The molecule has 0 saturated carbocycles. The number of anilines is 1. The molecule has 0 radical (unpaired) electrons. The van der Waals surface area contributed by atoms with Crippen LogP contribution in [-0.2, 0) is 20.8 Å². The fourth-order valence-electron chi connectivity index (χ4n) is 4.27. The van der Waals surface area contributed by atoms with Crippen LogP contribution >= 0.6 is 0 Å². The lowest BCUT2D eigenvalue weighted by Crippen LogP contribution is -2.44. The Labute approximate surface area is 284 Å². The first-order valence-electron chi connectivity index (χ1n) is 15.5. The first-order valence-corrected chi connectivity index (χ1v) is 15.5. The van der Waals surface area contributed by atoms with Crippen LogP contribution in [0, 0.1) is 0 Å². The fourth-order valence-corrected chi connectivity index (χ4v) is 4.27. The molecular weight excluding hydrogens is 632 g/mol. The van der Waals surface area contributed by atoms with Crippen molar-refractivity contribution in [2.45, 2.75) is 85.7 Å². The third-order valence-electron chi connectivity index (χ3n) is 6.32. The van der Waals surface area contributed by atoms with Crippen molar-refractivity contribution in [1.82, 2.24) is 25.0 Å². The molecule has 49 heavy (non-hydrogen) atoms. The molecule has 0 spiro atoms. The highest BCUT2D eigenvalue weighted by Crippen LogP contribution is 2.34. The number of rotatable bonds is 6. The van der Waals surface area contributed by atoms with Crippen LogP contribution in [0.25, 0.3) is 34.0 Å². The molecule has 3 amide bonds. The number of pyridine rings is 1. The molecule has 14 nitrogen and oxygen atoms in total. The number of hydrogen-bond donors (Lipinski definition) is 1. The number of benzene rings is 1. The lowest BCUT2D eigenvalue weighted by Gasteiger charge is -2.28. The van der Waals surface area contributed by atoms with E-state index in [0.717, 1.165) is 5.56 Å². The summed E-state index contributed by atoms with van der Waals surface area (Å²) in [5.74, 6) is -0.144. The number of carbonyl (C=O) groups excluding carboxylic acids is 3. The van der Waals surface area contributed by atoms with Gasteiger partial charge in [0.05, 0.1) is 11.9 Å². The van der Waals surface area contributed by atoms with Crippen molar-refractivity contribution >= 4 is 24.1 Å². The Kier molecular flexibility index (Phi) is 10.3. The second kappa shape index (κ2) is 13.9. The van der Waals surface area contributed by atoms with E-state index in [4.69, 9.17) is 23.7 Å². The minimum Gasteiger partial charge on any atom is -0.444 e. The van der Waals surface area contributed by atoms with Crippen LogP contribution in [0.3, 0.4) is 0 Å². The highest BCUT2D eigenvalue weighted by atomic mass is 16.6. The number of H-pyrrole nitrogens is 1. The third kappa shape index (κ3) is 9.98. The number of amides is 3. The summed E-state index contributed by atoms with van der Waals surface area (Å²) in [6, 6.07) is 11.8. The molecule has 3 heterocycles. The number of aromatic nitrogens is 4. The van der Waals surface area contributed by atoms with Crippen LogP contribution in [0.1, 0.15) is 67.9 Å². The normalized spacial score (nSPS) is 11.9. The molecule has 3 aromatic heterocycles. The number of ether oxygens (including phenoxy) is 3. The maximum atomic E-state index is 13.5. The fraction of sp³-hybridized carbons (Fsp3) is 0.400. The molecule has 14 heteroatoms. The lowest BCUT2D eigenvalue weighted by atomic mass is 10.1. The number of hydrogen-bond acceptors (Lipinski definition) is 11. The zero-order chi connectivity index (χ0) is 36.3. The maximum Gasteiger partial charge on any atom is 0.425 e. The molecular formula is C35H42N6O8. The number of aromatic amines is 1. The van der Waals surface area contributed by atoms with E-state index in [1.165, 1.54) is 23.4 Å². The number of nitrogens with one attached hydrogen (secondary N) is 1. The molecule has 0 aliphatic rings. The van der Waals surface area contributed by atoms with E-state index in [1.54, 1.807) is 81.5 Å². The molecule has 1 N–H and O–H groups in total. The Morgan fingerprint density at radius 2 is 1.33 bits per heavy atom. The first kappa shape index (κ1) is 36.3. The van der Waals surface area contributed by atoms with Crippen LogP contribution in [0.5, 0.6) is 0 Å². The molecule has 1 aromatic carbocycles. The standard InChI is InChI=1S/C35H42N6O8/c1-33(2,3)46-30(43)40(10)20-21-11-13-22(14-12-21)24-17-26(49-39-24)28-29(37-19-25(38-28)23-15-16-27(42)36-18-23)41(31(44)47-34(4,5)6)32(45)48-35(7,8)9/h11-19H,20H2,1-10H3,(H,36,42). The monoisotopic (exact) mass is 674 g/mol. The maximum absolute atomic E-state index is 13.5. The van der Waals surface area contributed by atoms with E-state index in [2.05, 4.69) is 15.1 Å². The van der Waals surface area contributed by atoms with Crippen LogP contribution < -0.4 is 10.5 Å². The number of nitrogens with zero attached hydrogens (tertiary/aromatic N) is 5. The summed E-state index contributed by atoms with van der Waals surface area (Å²) in [6.45, 7) is 15.7. The van der Waals surface area contributed by atoms with Gasteiger partial charge in [-0.1, -0.05) is 29.4 Å². The Morgan fingerprint density at radius 3 is 1.86 bits per heavy atom. The van der Waals surface area contributed by atoms with Gasteiger partial charge in [-0.25, -0.2) is 24.4 Å². The van der Waals surface area contributed by atoms with Crippen molar-refractivity contribution in [2.75, 3.05) is 11.9 Å². The summed E-state index contributed by atoms with van der Waals surface area (Å²) in [7, 11) is 1.66. The van der Waals surface area contributed by atoms with Gasteiger partial charge in [-0.3, -0.25) is 4.79 Å². The molecule has 0 bridgehead atoms. The van der Waals surface area contributed by atoms with Crippen molar-refractivity contribution < 1.29 is 33.1 Å². The molecule has 4 rings (SSSR count). The molecule has 0 aliphatic heterocycles. The largest absolute Gasteiger partial charge is 0.444 e. The second-order valence-electron chi connectivity index (χ2n) is 14.3. The van der Waals surface area contributed by atoms with Crippen molar-refractivity contribution in [1.29, 1.82) is 0 Å². The highest BCUT2D eigenvalue weighted by Gasteiger charge is 2.37. The van der Waals surface area contributed by atoms with Crippen molar-refractivity contribution in [2.24, 2.45) is 0 Å². The first-order chi connectivity index (χ1) is 22.7. The van der Waals surface area contributed by atoms with Crippen molar-refractivity contribution in [3.8, 4) is 34.0 Å². The molecule has 260 valence electrons. The van der Waals surface area contributed by atoms with Crippen LogP contribution in [0.2, 0.25) is 0 Å². The van der Waals surface area contributed by atoms with Gasteiger partial charge in [0.1, 0.15) is 22.5 Å². The Balaban J connectivity index is 1.75. The Morgan fingerprint density at radius 1 is 0.776 bits per heavy atom. The van der Waals surface area contributed by atoms with Gasteiger partial charge in [-0.15, -0.1) is 0 Å². The van der Waals surface area contributed by atoms with E-state index in [9.17, 15) is 19.2 Å². The van der Waals surface area contributed by atoms with E-state index in [-0.39, 0.29) is 22.8 Å². The minimum absolute atomic E-state index is 0.0187. The van der Waals surface area contributed by atoms with Gasteiger partial charge >= 0.3 is 18.3 Å². The molecule has 0 aliphatic carbocycles. The summed E-state index contributed by atoms with van der Waals surface area (Å²) in [5, 5.41) is 4.22. The van der Waals surface area contributed by atoms with Crippen molar-refractivity contribution in [3.05, 3.63) is 70.8 Å². The van der Waals surface area contributed by atoms with E-state index < -0.39 is 35.1 Å². The van der Waals surface area contributed by atoms with Gasteiger partial charge < -0.3 is 28.6 Å². The van der Waals surface area contributed by atoms with Crippen LogP contribution in [-0.4, -0.2) is 67.1 Å². The van der Waals surface area contributed by atoms with Gasteiger partial charge in [0, 0.05) is 43.0 Å². The summed E-state index contributed by atoms with van der Waals surface area (Å²) in [5.41, 5.74) is -0.0960. The number of carbonyl (C=O) groups is 3. The summed E-state index contributed by atoms with van der Waals surface area (Å²) in [6.07, 6.45) is 0.286. The summed E-state index contributed by atoms with van der Waals surface area (Å²) >= 11 is 0. The van der Waals surface area contributed by atoms with E-state index in [1.807, 2.05) is 24.3 Å². The Hall–Kier alpha value is -5.53. The van der Waals surface area contributed by atoms with Gasteiger partial charge in [-0.2, -0.15) is 4.90 Å². The van der Waals surface area contributed by atoms with Gasteiger partial charge in [0.2, 0.25) is 5.56 Å². The zero-order valence-electron chi connectivity index (χ0n) is 29.4. The SMILES string of the molecule is CN(Cc1ccc(-c2cc(-c3nc(-c4ccc(=O)[nH]c4)cnc3N(C(=O)OC(C)(C)C)C(=O)OC(C)(C)C)on2)cc1)C(=O)OC(C)(C)C. The average molecular weight is 675 g/mol. The predicted molar refractivity (Wildman–Crippen MR) is 182 cm³/mol. The highest BCUT2D eigenvalue weighted by molar-refractivity contribution is 6.10. The van der Waals surface area contributed by atoms with Gasteiger partial charge in [-0.05, 0) is 73.9 Å². The van der Waals surface area contributed by atoms with Gasteiger partial charge in [0.15, 0.2) is 17.3 Å². The molecule has 4 aromatic rings. The average Bonchev–Trinajstić information content (AvgIpc) is 3.46. The number of imide groups is 1. The molecule has 0 unspecified atom stereocenters. The third-order valence-corrected chi connectivity index (χ3v) is 6.32. The minimum atomic E-state index is -1.04.